The molecule has 1 nitrogen and oxygen atoms in total. The topological polar surface area (TPSA) is 13.1 Å². The zero-order valence-electron chi connectivity index (χ0n) is 33.0. The molecule has 0 radical (unpaired) electrons. The van der Waals surface area contributed by atoms with E-state index in [0.717, 1.165) is 43.4 Å². The molecular formula is C46H28O. The highest BCUT2D eigenvalue weighted by molar-refractivity contribution is 6.23. The first-order valence-corrected chi connectivity index (χ1v) is 15.5. The fourth-order valence-electron chi connectivity index (χ4n) is 7.13. The van der Waals surface area contributed by atoms with Crippen LogP contribution in [0.3, 0.4) is 0 Å². The lowest BCUT2D eigenvalue weighted by molar-refractivity contribution is 0.669. The number of hydrogen-bond acceptors (Lipinski definition) is 1. The Labute approximate surface area is 283 Å². The van der Waals surface area contributed by atoms with Crippen LogP contribution in [0.2, 0.25) is 0 Å². The van der Waals surface area contributed by atoms with Crippen LogP contribution in [-0.2, 0) is 0 Å². The highest BCUT2D eigenvalue weighted by Gasteiger charge is 2.19. The van der Waals surface area contributed by atoms with Crippen molar-refractivity contribution >= 4 is 65.0 Å². The van der Waals surface area contributed by atoms with Crippen molar-refractivity contribution < 1.29 is 15.4 Å². The van der Waals surface area contributed by atoms with Crippen LogP contribution in [0, 0.1) is 0 Å². The highest BCUT2D eigenvalue weighted by Crippen LogP contribution is 2.46. The molecule has 0 saturated heterocycles. The molecule has 1 heterocycles. The summed E-state index contributed by atoms with van der Waals surface area (Å²) in [5.74, 6) is 0. The molecule has 10 aromatic rings. The molecule has 218 valence electrons. The Morgan fingerprint density at radius 1 is 0.362 bits per heavy atom. The van der Waals surface area contributed by atoms with Crippen molar-refractivity contribution in [3.63, 3.8) is 0 Å². The van der Waals surface area contributed by atoms with Gasteiger partial charge in [0.25, 0.3) is 0 Å². The molecule has 0 fully saturated rings. The lowest BCUT2D eigenvalue weighted by atomic mass is 9.84. The van der Waals surface area contributed by atoms with Gasteiger partial charge in [-0.1, -0.05) is 133 Å². The molecule has 0 unspecified atom stereocenters. The van der Waals surface area contributed by atoms with Gasteiger partial charge in [0, 0.05) is 10.8 Å². The van der Waals surface area contributed by atoms with Gasteiger partial charge < -0.3 is 4.42 Å². The summed E-state index contributed by atoms with van der Waals surface area (Å²) >= 11 is 0. The minimum atomic E-state index is -0.435. The van der Waals surface area contributed by atoms with Gasteiger partial charge in [0.05, 0.1) is 11.0 Å². The highest BCUT2D eigenvalue weighted by atomic mass is 16.3. The fourth-order valence-corrected chi connectivity index (χ4v) is 7.13. The summed E-state index contributed by atoms with van der Waals surface area (Å²) in [5.41, 5.74) is 4.83. The van der Waals surface area contributed by atoms with E-state index in [2.05, 4.69) is 6.07 Å². The minimum Gasteiger partial charge on any atom is -0.456 e. The monoisotopic (exact) mass is 604 g/mol. The lowest BCUT2D eigenvalue weighted by Gasteiger charge is -2.19. The molecule has 1 aromatic heterocycles. The van der Waals surface area contributed by atoms with E-state index in [1.165, 1.54) is 0 Å². The molecule has 47 heavy (non-hydrogen) atoms. The third kappa shape index (κ3) is 4.03. The van der Waals surface area contributed by atoms with Gasteiger partial charge in [-0.25, -0.2) is 0 Å². The Bertz CT molecular complexity index is 3220. The number of hydrogen-bond donors (Lipinski definition) is 0. The van der Waals surface area contributed by atoms with Gasteiger partial charge >= 0.3 is 0 Å². The van der Waals surface area contributed by atoms with Crippen molar-refractivity contribution in [2.45, 2.75) is 0 Å². The van der Waals surface area contributed by atoms with Gasteiger partial charge in [0.15, 0.2) is 0 Å². The Morgan fingerprint density at radius 2 is 0.936 bits per heavy atom. The van der Waals surface area contributed by atoms with E-state index in [1.807, 2.05) is 109 Å². The van der Waals surface area contributed by atoms with Crippen LogP contribution < -0.4 is 0 Å². The first kappa shape index (κ1) is 19.4. The SMILES string of the molecule is [2H]c1c([2H])c([2H])c2c(-c3ccc4oc5cc6ccccc6cc5c4c3)c3c([2H])c([2H])c([2H])c([2H])c3c(-c3cc(-c4ccccc4)c4ccccc4c3)c2c1[2H]. The number of benzene rings is 9. The molecule has 1 heteroatoms. The minimum absolute atomic E-state index is 0.172. The molecular weight excluding hydrogens is 569 g/mol. The van der Waals surface area contributed by atoms with E-state index >= 15 is 0 Å². The molecule has 9 aromatic carbocycles. The average molecular weight is 605 g/mol. The molecule has 0 aliphatic carbocycles. The second kappa shape index (κ2) is 10.2. The quantitative estimate of drug-likeness (QED) is 0.183. The van der Waals surface area contributed by atoms with E-state index < -0.39 is 24.2 Å². The predicted molar refractivity (Wildman–Crippen MR) is 200 cm³/mol. The van der Waals surface area contributed by atoms with Gasteiger partial charge in [-0.2, -0.15) is 0 Å². The number of rotatable bonds is 3. The van der Waals surface area contributed by atoms with Gasteiger partial charge in [-0.3, -0.25) is 0 Å². The van der Waals surface area contributed by atoms with Crippen LogP contribution in [0.15, 0.2) is 174 Å². The summed E-state index contributed by atoms with van der Waals surface area (Å²) in [6, 6.07) is 36.3. The third-order valence-corrected chi connectivity index (χ3v) is 9.24. The largest absolute Gasteiger partial charge is 0.456 e. The van der Waals surface area contributed by atoms with E-state index in [1.54, 1.807) is 6.07 Å². The third-order valence-electron chi connectivity index (χ3n) is 9.24. The number of fused-ring (bicyclic) bond motifs is 7. The van der Waals surface area contributed by atoms with Crippen molar-refractivity contribution in [2.24, 2.45) is 0 Å². The van der Waals surface area contributed by atoms with Crippen LogP contribution in [-0.4, -0.2) is 0 Å². The molecule has 0 amide bonds. The first-order chi connectivity index (χ1) is 26.6. The Kier molecular flexibility index (Phi) is 4.19. The maximum absolute atomic E-state index is 9.44. The van der Waals surface area contributed by atoms with Crippen LogP contribution in [0.5, 0.6) is 0 Å². The molecule has 0 aliphatic heterocycles. The standard InChI is InChI=1S/C46H28O/c1-2-12-29(13-3-1)40-27-34(24-32-16-6-7-17-35(32)40)46-38-20-10-8-18-36(38)45(37-19-9-11-21-39(37)46)33-22-23-43-41(26-33)42-25-30-14-4-5-15-31(30)28-44(42)47-43/h1-28H/i8D,9D,10D,11D,18D,19D,20D,21D. The van der Waals surface area contributed by atoms with Crippen LogP contribution in [0.25, 0.3) is 98.4 Å². The predicted octanol–water partition coefficient (Wildman–Crippen LogP) is 13.2. The first-order valence-electron chi connectivity index (χ1n) is 19.5. The molecule has 0 atom stereocenters. The van der Waals surface area contributed by atoms with Crippen molar-refractivity contribution in [1.82, 2.24) is 0 Å². The molecule has 0 aliphatic rings. The van der Waals surface area contributed by atoms with Gasteiger partial charge in [0.2, 0.25) is 0 Å². The van der Waals surface area contributed by atoms with E-state index in [4.69, 9.17) is 9.90 Å². The summed E-state index contributed by atoms with van der Waals surface area (Å²) in [4.78, 5) is 0. The van der Waals surface area contributed by atoms with Crippen LogP contribution >= 0.6 is 0 Å². The van der Waals surface area contributed by atoms with E-state index in [9.17, 15) is 5.48 Å². The molecule has 0 bridgehead atoms. The van der Waals surface area contributed by atoms with Crippen molar-refractivity contribution in [2.75, 3.05) is 0 Å². The second-order valence-corrected chi connectivity index (χ2v) is 11.9. The summed E-state index contributed by atoms with van der Waals surface area (Å²) in [5, 5.41) is 6.22. The summed E-state index contributed by atoms with van der Waals surface area (Å²) in [6.45, 7) is 0. The Balaban J connectivity index is 1.42. The van der Waals surface area contributed by atoms with Crippen molar-refractivity contribution in [3.8, 4) is 33.4 Å². The smallest absolute Gasteiger partial charge is 0.136 e. The van der Waals surface area contributed by atoms with Crippen molar-refractivity contribution in [3.05, 3.63) is 170 Å². The summed E-state index contributed by atoms with van der Waals surface area (Å²) in [6.07, 6.45) is 0. The number of furan rings is 1. The average Bonchev–Trinajstić information content (AvgIpc) is 3.57. The summed E-state index contributed by atoms with van der Waals surface area (Å²) < 4.78 is 79.5. The molecule has 0 saturated carbocycles. The van der Waals surface area contributed by atoms with Crippen LogP contribution in [0.4, 0.5) is 0 Å². The molecule has 0 spiro atoms. The normalized spacial score (nSPS) is 14.2. The van der Waals surface area contributed by atoms with Crippen LogP contribution in [0.1, 0.15) is 11.0 Å². The lowest BCUT2D eigenvalue weighted by Crippen LogP contribution is -1.92. The zero-order chi connectivity index (χ0) is 37.9. The zero-order valence-corrected chi connectivity index (χ0v) is 25.0. The maximum Gasteiger partial charge on any atom is 0.136 e. The summed E-state index contributed by atoms with van der Waals surface area (Å²) in [7, 11) is 0. The molecule has 0 N–H and O–H groups in total. The van der Waals surface area contributed by atoms with Gasteiger partial charge in [0.1, 0.15) is 11.2 Å². The van der Waals surface area contributed by atoms with Gasteiger partial charge in [-0.05, 0) is 113 Å². The van der Waals surface area contributed by atoms with Gasteiger partial charge in [-0.15, -0.1) is 0 Å². The maximum atomic E-state index is 9.44. The second-order valence-electron chi connectivity index (χ2n) is 11.9. The Morgan fingerprint density at radius 3 is 1.64 bits per heavy atom. The van der Waals surface area contributed by atoms with E-state index in [-0.39, 0.29) is 45.7 Å². The van der Waals surface area contributed by atoms with E-state index in [0.29, 0.717) is 33.4 Å². The Hall–Kier alpha value is -6.18. The van der Waals surface area contributed by atoms with Crippen molar-refractivity contribution in [1.29, 1.82) is 0 Å². The fraction of sp³-hybridized carbons (Fsp3) is 0. The molecule has 10 rings (SSSR count).